The van der Waals surface area contributed by atoms with E-state index in [0.29, 0.717) is 16.9 Å². The van der Waals surface area contributed by atoms with Crippen molar-refractivity contribution in [2.24, 2.45) is 0 Å². The van der Waals surface area contributed by atoms with Crippen molar-refractivity contribution in [1.29, 1.82) is 0 Å². The number of anilines is 1. The zero-order valence-corrected chi connectivity index (χ0v) is 10.2. The van der Waals surface area contributed by atoms with E-state index in [0.717, 1.165) is 5.39 Å². The van der Waals surface area contributed by atoms with Crippen molar-refractivity contribution in [3.63, 3.8) is 0 Å². The second-order valence-electron chi connectivity index (χ2n) is 4.56. The maximum absolute atomic E-state index is 12.5. The molecule has 3 rings (SSSR count). The van der Waals surface area contributed by atoms with Crippen LogP contribution in [0.5, 0.6) is 0 Å². The summed E-state index contributed by atoms with van der Waals surface area (Å²) in [6.07, 6.45) is -0.444. The molecule has 0 saturated carbocycles. The SMILES string of the molecule is [2H]C([2H])([2H])OC1CN(C(=O)c2cccc3nc(N)ccc23)C1. The highest BCUT2D eigenvalue weighted by atomic mass is 16.5. The Labute approximate surface area is 115 Å². The third-order valence-corrected chi connectivity index (χ3v) is 3.29. The van der Waals surface area contributed by atoms with Crippen LogP contribution in [0.3, 0.4) is 0 Å². The number of ether oxygens (including phenoxy) is 1. The predicted octanol–water partition coefficient (Wildman–Crippen LogP) is 1.29. The molecule has 1 aliphatic heterocycles. The molecule has 0 radical (unpaired) electrons. The van der Waals surface area contributed by atoms with Crippen molar-refractivity contribution in [2.45, 2.75) is 6.10 Å². The number of carbonyl (C=O) groups is 1. The van der Waals surface area contributed by atoms with E-state index in [2.05, 4.69) is 4.98 Å². The third-order valence-electron chi connectivity index (χ3n) is 3.29. The molecule has 0 bridgehead atoms. The van der Waals surface area contributed by atoms with Crippen LogP contribution >= 0.6 is 0 Å². The van der Waals surface area contributed by atoms with Gasteiger partial charge in [-0.2, -0.15) is 0 Å². The fourth-order valence-corrected chi connectivity index (χ4v) is 2.21. The number of pyridine rings is 1. The molecule has 0 unspecified atom stereocenters. The van der Waals surface area contributed by atoms with Gasteiger partial charge in [0.15, 0.2) is 0 Å². The smallest absolute Gasteiger partial charge is 0.254 e. The van der Waals surface area contributed by atoms with Crippen molar-refractivity contribution >= 4 is 22.6 Å². The molecule has 5 nitrogen and oxygen atoms in total. The fourth-order valence-electron chi connectivity index (χ4n) is 2.21. The van der Waals surface area contributed by atoms with E-state index in [9.17, 15) is 4.79 Å². The number of nitrogens with two attached hydrogens (primary N) is 1. The number of nitrogen functional groups attached to an aromatic ring is 1. The summed E-state index contributed by atoms with van der Waals surface area (Å²) in [6.45, 7) is 0.548. The van der Waals surface area contributed by atoms with Crippen molar-refractivity contribution in [2.75, 3.05) is 25.9 Å². The van der Waals surface area contributed by atoms with E-state index in [4.69, 9.17) is 14.6 Å². The zero-order valence-electron chi connectivity index (χ0n) is 13.2. The number of amides is 1. The van der Waals surface area contributed by atoms with Crippen molar-refractivity contribution in [3.8, 4) is 0 Å². The number of fused-ring (bicyclic) bond motifs is 1. The van der Waals surface area contributed by atoms with Gasteiger partial charge in [0.1, 0.15) is 5.82 Å². The topological polar surface area (TPSA) is 68.5 Å². The molecule has 1 aromatic heterocycles. The highest BCUT2D eigenvalue weighted by Gasteiger charge is 2.31. The third kappa shape index (κ3) is 2.02. The number of aromatic nitrogens is 1. The van der Waals surface area contributed by atoms with Gasteiger partial charge in [-0.05, 0) is 24.3 Å². The van der Waals surface area contributed by atoms with Crippen LogP contribution in [0.4, 0.5) is 5.82 Å². The van der Waals surface area contributed by atoms with E-state index in [1.54, 1.807) is 35.2 Å². The minimum absolute atomic E-state index is 0.164. The van der Waals surface area contributed by atoms with Crippen LogP contribution < -0.4 is 5.73 Å². The van der Waals surface area contributed by atoms with E-state index in [1.807, 2.05) is 0 Å². The number of rotatable bonds is 2. The number of likely N-dealkylation sites (tertiary alicyclic amines) is 1. The first-order valence-corrected chi connectivity index (χ1v) is 5.96. The number of methoxy groups -OCH3 is 1. The van der Waals surface area contributed by atoms with Crippen LogP contribution in [0.15, 0.2) is 30.3 Å². The summed E-state index contributed by atoms with van der Waals surface area (Å²) in [7, 11) is -2.43. The zero-order chi connectivity index (χ0) is 15.9. The second-order valence-corrected chi connectivity index (χ2v) is 4.56. The number of carbonyl (C=O) groups excluding carboxylic acids is 1. The number of nitrogens with zero attached hydrogens (tertiary/aromatic N) is 2. The lowest BCUT2D eigenvalue weighted by Gasteiger charge is -2.38. The molecule has 5 heteroatoms. The van der Waals surface area contributed by atoms with Gasteiger partial charge in [-0.3, -0.25) is 4.79 Å². The maximum atomic E-state index is 12.5. The Bertz CT molecular complexity index is 727. The van der Waals surface area contributed by atoms with E-state index in [-0.39, 0.29) is 19.0 Å². The number of hydrogen-bond acceptors (Lipinski definition) is 4. The van der Waals surface area contributed by atoms with Gasteiger partial charge in [0.05, 0.1) is 15.7 Å². The molecular formula is C14H15N3O2. The number of hydrogen-bond donors (Lipinski definition) is 1. The van der Waals surface area contributed by atoms with Gasteiger partial charge in [-0.15, -0.1) is 0 Å². The Kier molecular flexibility index (Phi) is 2.11. The van der Waals surface area contributed by atoms with Gasteiger partial charge in [-0.1, -0.05) is 6.07 Å². The average Bonchev–Trinajstić information content (AvgIpc) is 2.39. The molecule has 0 spiro atoms. The van der Waals surface area contributed by atoms with Gasteiger partial charge >= 0.3 is 0 Å². The molecule has 2 N–H and O–H groups in total. The summed E-state index contributed by atoms with van der Waals surface area (Å²) >= 11 is 0. The summed E-state index contributed by atoms with van der Waals surface area (Å²) in [5.74, 6) is 0.231. The van der Waals surface area contributed by atoms with Crippen LogP contribution in [-0.4, -0.2) is 42.0 Å². The largest absolute Gasteiger partial charge is 0.384 e. The first-order chi connectivity index (χ1) is 10.3. The first kappa shape index (κ1) is 8.87. The van der Waals surface area contributed by atoms with Gasteiger partial charge in [0.2, 0.25) is 0 Å². The minimum Gasteiger partial charge on any atom is -0.384 e. The van der Waals surface area contributed by atoms with Crippen LogP contribution in [-0.2, 0) is 4.74 Å². The molecule has 0 aliphatic carbocycles. The lowest BCUT2D eigenvalue weighted by Crippen LogP contribution is -2.54. The van der Waals surface area contributed by atoms with Gasteiger partial charge in [0.25, 0.3) is 5.91 Å². The molecule has 2 heterocycles. The van der Waals surface area contributed by atoms with Crippen molar-refractivity contribution in [3.05, 3.63) is 35.9 Å². The molecule has 1 aliphatic rings. The fraction of sp³-hybridized carbons (Fsp3) is 0.286. The summed E-state index contributed by atoms with van der Waals surface area (Å²) in [4.78, 5) is 18.3. The molecule has 0 atom stereocenters. The maximum Gasteiger partial charge on any atom is 0.254 e. The first-order valence-electron chi connectivity index (χ1n) is 7.46. The van der Waals surface area contributed by atoms with E-state index >= 15 is 0 Å². The van der Waals surface area contributed by atoms with E-state index < -0.39 is 13.1 Å². The molecular weight excluding hydrogens is 242 g/mol. The van der Waals surface area contributed by atoms with Crippen LogP contribution in [0.2, 0.25) is 0 Å². The van der Waals surface area contributed by atoms with Gasteiger partial charge in [-0.25, -0.2) is 4.98 Å². The summed E-state index contributed by atoms with van der Waals surface area (Å²) in [5, 5.41) is 0.724. The Morgan fingerprint density at radius 2 is 2.32 bits per heavy atom. The molecule has 1 aromatic carbocycles. The van der Waals surface area contributed by atoms with E-state index in [1.165, 1.54) is 0 Å². The van der Waals surface area contributed by atoms with Gasteiger partial charge in [0, 0.05) is 31.1 Å². The Hall–Kier alpha value is -2.14. The Morgan fingerprint density at radius 1 is 1.47 bits per heavy atom. The molecule has 2 aromatic rings. The normalized spacial score (nSPS) is 18.5. The summed E-state index contributed by atoms with van der Waals surface area (Å²) in [6, 6.07) is 8.68. The highest BCUT2D eigenvalue weighted by molar-refractivity contribution is 6.06. The molecule has 1 saturated heterocycles. The summed E-state index contributed by atoms with van der Waals surface area (Å²) in [5.41, 5.74) is 6.83. The second kappa shape index (κ2) is 4.51. The monoisotopic (exact) mass is 260 g/mol. The van der Waals surface area contributed by atoms with Crippen LogP contribution in [0, 0.1) is 0 Å². The van der Waals surface area contributed by atoms with Crippen molar-refractivity contribution in [1.82, 2.24) is 9.88 Å². The highest BCUT2D eigenvalue weighted by Crippen LogP contribution is 2.22. The predicted molar refractivity (Wildman–Crippen MR) is 72.9 cm³/mol. The average molecular weight is 260 g/mol. The molecule has 98 valence electrons. The van der Waals surface area contributed by atoms with Crippen LogP contribution in [0.25, 0.3) is 10.9 Å². The Balaban J connectivity index is 1.77. The molecule has 1 fully saturated rings. The lowest BCUT2D eigenvalue weighted by molar-refractivity contribution is -0.0191. The standard InChI is InChI=1S/C14H15N3O2/c1-19-9-7-17(8-9)14(18)11-3-2-4-12-10(11)5-6-13(15)16-12/h2-6,9H,7-8H2,1H3,(H2,15,16)/i1D3. The summed E-state index contributed by atoms with van der Waals surface area (Å²) < 4.78 is 26.0. The van der Waals surface area contributed by atoms with Crippen LogP contribution in [0.1, 0.15) is 14.5 Å². The minimum atomic E-state index is -2.43. The number of benzene rings is 1. The Morgan fingerprint density at radius 3 is 3.11 bits per heavy atom. The lowest BCUT2D eigenvalue weighted by atomic mass is 10.0. The van der Waals surface area contributed by atoms with Gasteiger partial charge < -0.3 is 15.4 Å². The van der Waals surface area contributed by atoms with Crippen molar-refractivity contribution < 1.29 is 13.6 Å². The molecule has 19 heavy (non-hydrogen) atoms. The quantitative estimate of drug-likeness (QED) is 0.883. The molecule has 1 amide bonds.